The fourth-order valence-electron chi connectivity index (χ4n) is 2.96. The van der Waals surface area contributed by atoms with Crippen molar-refractivity contribution in [1.29, 1.82) is 0 Å². The number of benzene rings is 2. The van der Waals surface area contributed by atoms with Gasteiger partial charge in [-0.1, -0.05) is 41.4 Å². The Kier molecular flexibility index (Phi) is 6.74. The average molecular weight is 421 g/mol. The van der Waals surface area contributed by atoms with Crippen molar-refractivity contribution in [2.75, 3.05) is 7.11 Å². The predicted octanol–water partition coefficient (Wildman–Crippen LogP) is 6.38. The molecule has 1 heterocycles. The second kappa shape index (κ2) is 9.05. The number of hydrogen-bond donors (Lipinski definition) is 0. The molecule has 0 aliphatic heterocycles. The molecule has 27 heavy (non-hydrogen) atoms. The molecule has 0 saturated heterocycles. The van der Waals surface area contributed by atoms with E-state index in [4.69, 9.17) is 27.9 Å². The first-order chi connectivity index (χ1) is 13.0. The lowest BCUT2D eigenvalue weighted by molar-refractivity contribution is 0.414. The molecule has 6 heteroatoms. The molecule has 142 valence electrons. The minimum atomic E-state index is -0.0898. The number of rotatable bonds is 8. The zero-order chi connectivity index (χ0) is 19.3. The highest BCUT2D eigenvalue weighted by Crippen LogP contribution is 2.44. The van der Waals surface area contributed by atoms with Gasteiger partial charge in [0, 0.05) is 28.6 Å². The van der Waals surface area contributed by atoms with Gasteiger partial charge in [-0.05, 0) is 49.6 Å². The van der Waals surface area contributed by atoms with Gasteiger partial charge in [-0.2, -0.15) is 0 Å². The summed E-state index contributed by atoms with van der Waals surface area (Å²) in [7, 11) is 1.68. The van der Waals surface area contributed by atoms with E-state index in [1.165, 1.54) is 5.56 Å². The number of aryl methyl sites for hydroxylation is 1. The van der Waals surface area contributed by atoms with Gasteiger partial charge in [0.05, 0.1) is 23.5 Å². The quantitative estimate of drug-likeness (QED) is 0.395. The van der Waals surface area contributed by atoms with Crippen LogP contribution in [0.2, 0.25) is 10.0 Å². The van der Waals surface area contributed by atoms with Crippen molar-refractivity contribution < 1.29 is 4.74 Å². The number of nitrogens with zero attached hydrogens (tertiary/aromatic N) is 2. The number of halogens is 2. The molecular weight excluding hydrogens is 399 g/mol. The maximum Gasteiger partial charge on any atom is 0.118 e. The number of aromatic nitrogens is 2. The second-order valence-corrected chi connectivity index (χ2v) is 9.09. The molecule has 2 aromatic carbocycles. The largest absolute Gasteiger partial charge is 0.497 e. The third-order valence-electron chi connectivity index (χ3n) is 4.46. The van der Waals surface area contributed by atoms with E-state index in [0.717, 1.165) is 30.0 Å². The van der Waals surface area contributed by atoms with Gasteiger partial charge in [0.15, 0.2) is 0 Å². The van der Waals surface area contributed by atoms with E-state index in [0.29, 0.717) is 10.0 Å². The van der Waals surface area contributed by atoms with Gasteiger partial charge in [0.2, 0.25) is 0 Å². The molecule has 0 saturated carbocycles. The first kappa shape index (κ1) is 20.1. The minimum absolute atomic E-state index is 0.0898. The molecule has 3 rings (SSSR count). The van der Waals surface area contributed by atoms with Crippen LogP contribution in [0.5, 0.6) is 5.75 Å². The number of hydrogen-bond acceptors (Lipinski definition) is 3. The van der Waals surface area contributed by atoms with E-state index in [-0.39, 0.29) is 4.75 Å². The van der Waals surface area contributed by atoms with Crippen LogP contribution in [0.15, 0.2) is 66.1 Å². The van der Waals surface area contributed by atoms with E-state index >= 15 is 0 Å². The van der Waals surface area contributed by atoms with Crippen LogP contribution in [0.3, 0.4) is 0 Å². The standard InChI is InChI=1S/C21H22Cl2N2OS/c1-21(10-12-25-13-11-24-15-25,14-16-6-8-17(26-2)9-7-16)27-20-18(22)4-3-5-19(20)23/h3-9,11,13,15H,10,12,14H2,1-2H3. The van der Waals surface area contributed by atoms with E-state index in [9.17, 15) is 0 Å². The molecular formula is C21H22Cl2N2OS. The fraction of sp³-hybridized carbons (Fsp3) is 0.286. The zero-order valence-corrected chi connectivity index (χ0v) is 17.7. The summed E-state index contributed by atoms with van der Waals surface area (Å²) in [4.78, 5) is 5.07. The molecule has 0 bridgehead atoms. The molecule has 3 aromatic rings. The first-order valence-corrected chi connectivity index (χ1v) is 10.3. The lowest BCUT2D eigenvalue weighted by atomic mass is 9.97. The summed E-state index contributed by atoms with van der Waals surface area (Å²) < 4.78 is 7.28. The SMILES string of the molecule is COc1ccc(CC(C)(CCn2ccnc2)Sc2c(Cl)cccc2Cl)cc1. The lowest BCUT2D eigenvalue weighted by Gasteiger charge is -2.30. The van der Waals surface area contributed by atoms with Crippen LogP contribution in [0.4, 0.5) is 0 Å². The highest BCUT2D eigenvalue weighted by atomic mass is 35.5. The van der Waals surface area contributed by atoms with Crippen LogP contribution in [0.25, 0.3) is 0 Å². The van der Waals surface area contributed by atoms with Crippen molar-refractivity contribution in [3.8, 4) is 5.75 Å². The Morgan fingerprint density at radius 3 is 2.41 bits per heavy atom. The molecule has 0 N–H and O–H groups in total. The Balaban J connectivity index is 1.84. The van der Waals surface area contributed by atoms with Gasteiger partial charge in [-0.3, -0.25) is 0 Å². The average Bonchev–Trinajstić information content (AvgIpc) is 3.18. The Hall–Kier alpha value is -1.62. The zero-order valence-electron chi connectivity index (χ0n) is 15.4. The molecule has 0 amide bonds. The Morgan fingerprint density at radius 1 is 1.11 bits per heavy atom. The molecule has 3 nitrogen and oxygen atoms in total. The van der Waals surface area contributed by atoms with Crippen molar-refractivity contribution >= 4 is 35.0 Å². The van der Waals surface area contributed by atoms with Gasteiger partial charge in [0.25, 0.3) is 0 Å². The Labute approximate surface area is 174 Å². The van der Waals surface area contributed by atoms with Gasteiger partial charge in [0.1, 0.15) is 5.75 Å². The summed E-state index contributed by atoms with van der Waals surface area (Å²) in [5.74, 6) is 0.862. The third-order valence-corrected chi connectivity index (χ3v) is 6.80. The molecule has 0 spiro atoms. The van der Waals surface area contributed by atoms with E-state index in [2.05, 4.69) is 28.6 Å². The van der Waals surface area contributed by atoms with Crippen LogP contribution in [0, 0.1) is 0 Å². The van der Waals surface area contributed by atoms with E-state index < -0.39 is 0 Å². The van der Waals surface area contributed by atoms with Crippen LogP contribution >= 0.6 is 35.0 Å². The van der Waals surface area contributed by atoms with Crippen molar-refractivity contribution in [2.45, 2.75) is 36.0 Å². The van der Waals surface area contributed by atoms with Gasteiger partial charge in [-0.25, -0.2) is 4.98 Å². The van der Waals surface area contributed by atoms with E-state index in [1.54, 1.807) is 25.1 Å². The highest BCUT2D eigenvalue weighted by molar-refractivity contribution is 8.00. The summed E-state index contributed by atoms with van der Waals surface area (Å²) in [5, 5.41) is 1.38. The number of ether oxygens (including phenoxy) is 1. The van der Waals surface area contributed by atoms with E-state index in [1.807, 2.05) is 42.9 Å². The van der Waals surface area contributed by atoms with Crippen molar-refractivity contribution in [3.63, 3.8) is 0 Å². The van der Waals surface area contributed by atoms with Crippen molar-refractivity contribution in [3.05, 3.63) is 76.8 Å². The number of methoxy groups -OCH3 is 1. The Morgan fingerprint density at radius 2 is 1.81 bits per heavy atom. The monoisotopic (exact) mass is 420 g/mol. The summed E-state index contributed by atoms with van der Waals surface area (Å²) in [6.07, 6.45) is 7.47. The molecule has 1 aromatic heterocycles. The van der Waals surface area contributed by atoms with Crippen LogP contribution in [0.1, 0.15) is 18.9 Å². The topological polar surface area (TPSA) is 27.1 Å². The summed E-state index contributed by atoms with van der Waals surface area (Å²) in [6.45, 7) is 3.14. The number of imidazole rings is 1. The van der Waals surface area contributed by atoms with Gasteiger partial charge < -0.3 is 9.30 Å². The maximum atomic E-state index is 6.44. The second-order valence-electron chi connectivity index (χ2n) is 6.68. The summed E-state index contributed by atoms with van der Waals surface area (Å²) in [5.41, 5.74) is 1.25. The molecule has 1 atom stereocenters. The molecule has 0 fully saturated rings. The molecule has 0 radical (unpaired) electrons. The Bertz CT molecular complexity index is 848. The van der Waals surface area contributed by atoms with Crippen molar-refractivity contribution in [1.82, 2.24) is 9.55 Å². The highest BCUT2D eigenvalue weighted by Gasteiger charge is 2.28. The fourth-order valence-corrected chi connectivity index (χ4v) is 4.85. The predicted molar refractivity (Wildman–Crippen MR) is 114 cm³/mol. The van der Waals surface area contributed by atoms with Gasteiger partial charge in [-0.15, -0.1) is 11.8 Å². The number of thioether (sulfide) groups is 1. The van der Waals surface area contributed by atoms with Crippen LogP contribution in [-0.2, 0) is 13.0 Å². The summed E-state index contributed by atoms with van der Waals surface area (Å²) in [6, 6.07) is 13.9. The van der Waals surface area contributed by atoms with Crippen LogP contribution < -0.4 is 4.74 Å². The molecule has 1 unspecified atom stereocenters. The minimum Gasteiger partial charge on any atom is -0.497 e. The smallest absolute Gasteiger partial charge is 0.118 e. The molecule has 0 aliphatic rings. The van der Waals surface area contributed by atoms with Gasteiger partial charge >= 0.3 is 0 Å². The maximum absolute atomic E-state index is 6.44. The van der Waals surface area contributed by atoms with Crippen LogP contribution in [-0.4, -0.2) is 21.4 Å². The summed E-state index contributed by atoms with van der Waals surface area (Å²) >= 11 is 14.6. The van der Waals surface area contributed by atoms with Crippen molar-refractivity contribution in [2.24, 2.45) is 0 Å². The normalized spacial score (nSPS) is 13.3. The molecule has 0 aliphatic carbocycles. The third kappa shape index (κ3) is 5.44. The lowest BCUT2D eigenvalue weighted by Crippen LogP contribution is -2.25. The first-order valence-electron chi connectivity index (χ1n) is 8.71.